The summed E-state index contributed by atoms with van der Waals surface area (Å²) in [7, 11) is 3.65. The van der Waals surface area contributed by atoms with Gasteiger partial charge in [0.1, 0.15) is 0 Å². The Hall–Kier alpha value is -0.990. The molecule has 2 rings (SSSR count). The van der Waals surface area contributed by atoms with Crippen LogP contribution >= 0.6 is 23.2 Å². The lowest BCUT2D eigenvalue weighted by Crippen LogP contribution is -1.86. The first-order chi connectivity index (χ1) is 6.66. The van der Waals surface area contributed by atoms with E-state index in [9.17, 15) is 0 Å². The summed E-state index contributed by atoms with van der Waals surface area (Å²) in [6, 6.07) is 7.17. The van der Waals surface area contributed by atoms with Crippen LogP contribution in [0.15, 0.2) is 30.5 Å². The summed E-state index contributed by atoms with van der Waals surface area (Å²) in [6.07, 6.45) is 1.76. The summed E-state index contributed by atoms with van der Waals surface area (Å²) < 4.78 is 1.49. The third-order valence-electron chi connectivity index (χ3n) is 1.85. The summed E-state index contributed by atoms with van der Waals surface area (Å²) in [4.78, 5) is 0. The van der Waals surface area contributed by atoms with Gasteiger partial charge in [-0.25, -0.2) is 0 Å². The van der Waals surface area contributed by atoms with Gasteiger partial charge in [0.2, 0.25) is 0 Å². The van der Waals surface area contributed by atoms with Gasteiger partial charge in [-0.2, -0.15) is 5.10 Å². The normalized spacial score (nSPS) is 10.5. The smallest absolute Gasteiger partial charge is 0.0938 e. The van der Waals surface area contributed by atoms with Gasteiger partial charge < -0.3 is 0 Å². The molecule has 0 fully saturated rings. The van der Waals surface area contributed by atoms with Crippen LogP contribution in [0, 0.1) is 7.05 Å². The Labute approximate surface area is 92.1 Å². The standard InChI is InChI=1S/C10H7Cl2N2/c1-14-5-4-10(13-14)8-3-2-7(11)6-9(8)12/h2-6H,1H2. The van der Waals surface area contributed by atoms with Crippen LogP contribution in [0.5, 0.6) is 0 Å². The molecule has 0 N–H and O–H groups in total. The third kappa shape index (κ3) is 1.76. The van der Waals surface area contributed by atoms with Crippen molar-refractivity contribution < 1.29 is 0 Å². The van der Waals surface area contributed by atoms with E-state index < -0.39 is 0 Å². The van der Waals surface area contributed by atoms with Crippen LogP contribution in [-0.2, 0) is 0 Å². The molecule has 0 aliphatic heterocycles. The molecule has 2 nitrogen and oxygen atoms in total. The predicted octanol–water partition coefficient (Wildman–Crippen LogP) is 3.50. The second-order valence-electron chi connectivity index (χ2n) is 2.86. The van der Waals surface area contributed by atoms with Gasteiger partial charge >= 0.3 is 0 Å². The average Bonchev–Trinajstić information content (AvgIpc) is 2.51. The van der Waals surface area contributed by atoms with Gasteiger partial charge in [0.15, 0.2) is 0 Å². The predicted molar refractivity (Wildman–Crippen MR) is 58.4 cm³/mol. The zero-order valence-electron chi connectivity index (χ0n) is 7.24. The van der Waals surface area contributed by atoms with Crippen molar-refractivity contribution in [2.75, 3.05) is 0 Å². The summed E-state index contributed by atoms with van der Waals surface area (Å²) in [5.74, 6) is 0. The molecular weight excluding hydrogens is 219 g/mol. The number of aromatic nitrogens is 2. The first-order valence-electron chi connectivity index (χ1n) is 3.99. The van der Waals surface area contributed by atoms with Gasteiger partial charge in [0.25, 0.3) is 0 Å². The van der Waals surface area contributed by atoms with E-state index in [1.807, 2.05) is 12.1 Å². The number of halogens is 2. The first kappa shape index (κ1) is 9.56. The number of hydrogen-bond acceptors (Lipinski definition) is 1. The lowest BCUT2D eigenvalue weighted by Gasteiger charge is -2.00. The van der Waals surface area contributed by atoms with E-state index in [1.54, 1.807) is 18.3 Å². The molecule has 0 saturated carbocycles. The topological polar surface area (TPSA) is 17.8 Å². The molecular formula is C10H7Cl2N2. The summed E-state index contributed by atoms with van der Waals surface area (Å²) in [5, 5.41) is 5.36. The third-order valence-corrected chi connectivity index (χ3v) is 2.40. The van der Waals surface area contributed by atoms with Crippen LogP contribution in [0.4, 0.5) is 0 Å². The Morgan fingerprint density at radius 3 is 2.57 bits per heavy atom. The minimum absolute atomic E-state index is 0.594. The molecule has 0 spiro atoms. The maximum absolute atomic E-state index is 6.02. The van der Waals surface area contributed by atoms with Crippen LogP contribution in [-0.4, -0.2) is 9.78 Å². The molecule has 71 valence electrons. The van der Waals surface area contributed by atoms with E-state index in [0.29, 0.717) is 10.0 Å². The molecule has 1 aromatic carbocycles. The van der Waals surface area contributed by atoms with Gasteiger partial charge in [-0.05, 0) is 24.3 Å². The van der Waals surface area contributed by atoms with E-state index in [-0.39, 0.29) is 0 Å². The fourth-order valence-electron chi connectivity index (χ4n) is 1.20. The van der Waals surface area contributed by atoms with Crippen molar-refractivity contribution in [2.45, 2.75) is 0 Å². The van der Waals surface area contributed by atoms with E-state index in [0.717, 1.165) is 11.3 Å². The fourth-order valence-corrected chi connectivity index (χ4v) is 1.71. The Kier molecular flexibility index (Phi) is 2.48. The minimum atomic E-state index is 0.594. The molecule has 1 radical (unpaired) electrons. The molecule has 1 aromatic heterocycles. The molecule has 0 aliphatic carbocycles. The molecule has 1 heterocycles. The van der Waals surface area contributed by atoms with Crippen molar-refractivity contribution in [1.29, 1.82) is 0 Å². The molecule has 0 aliphatic rings. The number of hydrogen-bond donors (Lipinski definition) is 0. The molecule has 0 amide bonds. The Morgan fingerprint density at radius 2 is 2.00 bits per heavy atom. The SMILES string of the molecule is [CH2]n1ccc(-c2ccc(Cl)cc2Cl)n1. The van der Waals surface area contributed by atoms with Gasteiger partial charge in [-0.15, -0.1) is 0 Å². The molecule has 0 atom stereocenters. The highest BCUT2D eigenvalue weighted by molar-refractivity contribution is 6.36. The van der Waals surface area contributed by atoms with Crippen molar-refractivity contribution in [3.05, 3.63) is 47.6 Å². The molecule has 4 heteroatoms. The highest BCUT2D eigenvalue weighted by Crippen LogP contribution is 2.28. The highest BCUT2D eigenvalue weighted by Gasteiger charge is 2.06. The maximum Gasteiger partial charge on any atom is 0.0938 e. The second-order valence-corrected chi connectivity index (χ2v) is 3.71. The summed E-state index contributed by atoms with van der Waals surface area (Å²) in [5.41, 5.74) is 1.65. The number of benzene rings is 1. The maximum atomic E-state index is 6.02. The van der Waals surface area contributed by atoms with Crippen LogP contribution < -0.4 is 0 Å². The summed E-state index contributed by atoms with van der Waals surface area (Å²) >= 11 is 11.8. The fraction of sp³-hybridized carbons (Fsp3) is 0. The highest BCUT2D eigenvalue weighted by atomic mass is 35.5. The van der Waals surface area contributed by atoms with Crippen LogP contribution in [0.2, 0.25) is 10.0 Å². The van der Waals surface area contributed by atoms with Crippen LogP contribution in [0.3, 0.4) is 0 Å². The van der Waals surface area contributed by atoms with Gasteiger partial charge in [0.05, 0.1) is 17.8 Å². The van der Waals surface area contributed by atoms with Gasteiger partial charge in [0, 0.05) is 16.8 Å². The largest absolute Gasteiger partial charge is 0.270 e. The molecule has 14 heavy (non-hydrogen) atoms. The number of rotatable bonds is 1. The lowest BCUT2D eigenvalue weighted by atomic mass is 10.1. The monoisotopic (exact) mass is 225 g/mol. The average molecular weight is 226 g/mol. The van der Waals surface area contributed by atoms with Crippen molar-refractivity contribution in [1.82, 2.24) is 9.78 Å². The molecule has 0 saturated heterocycles. The zero-order chi connectivity index (χ0) is 10.1. The lowest BCUT2D eigenvalue weighted by molar-refractivity contribution is 0.881. The molecule has 2 aromatic rings. The first-order valence-corrected chi connectivity index (χ1v) is 4.74. The number of nitrogens with zero attached hydrogens (tertiary/aromatic N) is 2. The van der Waals surface area contributed by atoms with Crippen molar-refractivity contribution >= 4 is 23.2 Å². The van der Waals surface area contributed by atoms with Gasteiger partial charge in [-0.1, -0.05) is 23.2 Å². The minimum Gasteiger partial charge on any atom is -0.270 e. The van der Waals surface area contributed by atoms with Crippen molar-refractivity contribution in [3.63, 3.8) is 0 Å². The quantitative estimate of drug-likeness (QED) is 0.727. The Balaban J connectivity index is 2.52. The van der Waals surface area contributed by atoms with Gasteiger partial charge in [-0.3, -0.25) is 4.68 Å². The Bertz CT molecular complexity index is 463. The summed E-state index contributed by atoms with van der Waals surface area (Å²) in [6.45, 7) is 0. The van der Waals surface area contributed by atoms with Crippen LogP contribution in [0.25, 0.3) is 11.3 Å². The van der Waals surface area contributed by atoms with E-state index in [2.05, 4.69) is 12.1 Å². The van der Waals surface area contributed by atoms with Crippen molar-refractivity contribution in [3.8, 4) is 11.3 Å². The zero-order valence-corrected chi connectivity index (χ0v) is 8.76. The Morgan fingerprint density at radius 1 is 1.21 bits per heavy atom. The van der Waals surface area contributed by atoms with Crippen LogP contribution in [0.1, 0.15) is 0 Å². The van der Waals surface area contributed by atoms with E-state index >= 15 is 0 Å². The molecule has 0 unspecified atom stereocenters. The van der Waals surface area contributed by atoms with E-state index in [1.165, 1.54) is 4.68 Å². The van der Waals surface area contributed by atoms with E-state index in [4.69, 9.17) is 23.2 Å². The van der Waals surface area contributed by atoms with Crippen molar-refractivity contribution in [2.24, 2.45) is 0 Å². The second kappa shape index (κ2) is 3.64. The molecule has 0 bridgehead atoms.